The average Bonchev–Trinajstić information content (AvgIpc) is 3.73. The molecule has 1 fully saturated rings. The third-order valence-corrected chi connectivity index (χ3v) is 10.5. The van der Waals surface area contributed by atoms with Gasteiger partial charge in [-0.05, 0) is 90.8 Å². The van der Waals surface area contributed by atoms with Crippen LogP contribution in [0.1, 0.15) is 28.1 Å². The SMILES string of the molecule is Cc1ccc(S(=O)(=O)[O-])cc1.Cn1c(COc2ccc(/C=N\N3CCN(/N=C\c4ccc(OCc5c[n+]6ccccc6n5C)cc4)CC3)cc2)c[n+]2ccccc12. The van der Waals surface area contributed by atoms with Gasteiger partial charge in [0.15, 0.2) is 24.6 Å². The molecule has 0 N–H and O–H groups in total. The molecule has 0 amide bonds. The van der Waals surface area contributed by atoms with E-state index in [1.807, 2.05) is 105 Å². The number of aromatic nitrogens is 4. The third-order valence-electron chi connectivity index (χ3n) is 9.68. The molecule has 5 heterocycles. The van der Waals surface area contributed by atoms with Crippen molar-refractivity contribution in [3.05, 3.63) is 162 Å². The van der Waals surface area contributed by atoms with Crippen molar-refractivity contribution < 1.29 is 31.2 Å². The van der Waals surface area contributed by atoms with Gasteiger partial charge < -0.3 is 14.0 Å². The molecule has 57 heavy (non-hydrogen) atoms. The summed E-state index contributed by atoms with van der Waals surface area (Å²) >= 11 is 0. The minimum absolute atomic E-state index is 0.178. The number of ether oxygens (including phenoxy) is 2. The number of fused-ring (bicyclic) bond motifs is 2. The Kier molecular flexibility index (Phi) is 11.9. The second-order valence-corrected chi connectivity index (χ2v) is 15.0. The first-order valence-electron chi connectivity index (χ1n) is 18.5. The summed E-state index contributed by atoms with van der Waals surface area (Å²) < 4.78 is 51.8. The van der Waals surface area contributed by atoms with Gasteiger partial charge in [0.2, 0.25) is 0 Å². The number of hydrazone groups is 2. The predicted octanol–water partition coefficient (Wildman–Crippen LogP) is 4.88. The van der Waals surface area contributed by atoms with E-state index in [0.29, 0.717) is 13.2 Å². The zero-order valence-electron chi connectivity index (χ0n) is 32.1. The summed E-state index contributed by atoms with van der Waals surface area (Å²) in [4.78, 5) is -0.178. The highest BCUT2D eigenvalue weighted by atomic mass is 32.2. The summed E-state index contributed by atoms with van der Waals surface area (Å²) in [5.41, 5.74) is 7.48. The number of imidazole rings is 2. The lowest BCUT2D eigenvalue weighted by Crippen LogP contribution is -2.41. The zero-order valence-corrected chi connectivity index (χ0v) is 32.9. The maximum atomic E-state index is 10.4. The van der Waals surface area contributed by atoms with Crippen LogP contribution in [0, 0.1) is 6.92 Å². The molecule has 0 saturated carbocycles. The molecule has 3 aromatic carbocycles. The molecule has 4 aromatic heterocycles. The fourth-order valence-electron chi connectivity index (χ4n) is 6.27. The predicted molar refractivity (Wildman–Crippen MR) is 216 cm³/mol. The highest BCUT2D eigenvalue weighted by Gasteiger charge is 2.16. The van der Waals surface area contributed by atoms with Crippen molar-refractivity contribution in [1.82, 2.24) is 19.2 Å². The molecule has 0 bridgehead atoms. The number of nitrogens with zero attached hydrogens (tertiary/aromatic N) is 8. The van der Waals surface area contributed by atoms with Gasteiger partial charge in [-0.15, -0.1) is 0 Å². The molecule has 1 aliphatic rings. The van der Waals surface area contributed by atoms with Gasteiger partial charge in [0.25, 0.3) is 11.3 Å². The van der Waals surface area contributed by atoms with E-state index in [0.717, 1.165) is 77.1 Å². The quantitative estimate of drug-likeness (QED) is 0.104. The highest BCUT2D eigenvalue weighted by molar-refractivity contribution is 7.85. The lowest BCUT2D eigenvalue weighted by molar-refractivity contribution is -0.511. The van der Waals surface area contributed by atoms with Crippen LogP contribution < -0.4 is 18.3 Å². The van der Waals surface area contributed by atoms with Crippen molar-refractivity contribution in [1.29, 1.82) is 0 Å². The van der Waals surface area contributed by atoms with Crippen LogP contribution in [0.2, 0.25) is 0 Å². The molecule has 1 saturated heterocycles. The molecule has 292 valence electrons. The number of benzene rings is 3. The topological polar surface area (TPSA) is 125 Å². The van der Waals surface area contributed by atoms with Gasteiger partial charge in [0.1, 0.15) is 34.0 Å². The Morgan fingerprint density at radius 2 is 1.05 bits per heavy atom. The summed E-state index contributed by atoms with van der Waals surface area (Å²) in [6.07, 6.45) is 12.1. The molecular weight excluding hydrogens is 741 g/mol. The second-order valence-electron chi connectivity index (χ2n) is 13.7. The lowest BCUT2D eigenvalue weighted by Gasteiger charge is -2.31. The molecule has 7 aromatic rings. The normalized spacial score (nSPS) is 13.4. The van der Waals surface area contributed by atoms with Gasteiger partial charge >= 0.3 is 0 Å². The van der Waals surface area contributed by atoms with E-state index in [2.05, 4.69) is 66.6 Å². The summed E-state index contributed by atoms with van der Waals surface area (Å²) in [7, 11) is -0.153. The smallest absolute Gasteiger partial charge is 0.286 e. The van der Waals surface area contributed by atoms with Crippen LogP contribution in [-0.4, -0.2) is 70.7 Å². The fourth-order valence-corrected chi connectivity index (χ4v) is 6.74. The van der Waals surface area contributed by atoms with Gasteiger partial charge in [0.05, 0.1) is 70.0 Å². The number of hydrogen-bond acceptors (Lipinski definition) is 9. The van der Waals surface area contributed by atoms with Crippen LogP contribution >= 0.6 is 0 Å². The van der Waals surface area contributed by atoms with Crippen molar-refractivity contribution >= 4 is 33.8 Å². The van der Waals surface area contributed by atoms with E-state index < -0.39 is 10.1 Å². The third kappa shape index (κ3) is 10.0. The van der Waals surface area contributed by atoms with Crippen molar-refractivity contribution in [2.24, 2.45) is 24.3 Å². The van der Waals surface area contributed by atoms with Crippen LogP contribution in [0.25, 0.3) is 11.3 Å². The molecule has 13 nitrogen and oxygen atoms in total. The molecule has 0 spiro atoms. The van der Waals surface area contributed by atoms with Crippen LogP contribution in [0.4, 0.5) is 0 Å². The minimum atomic E-state index is -4.27. The molecule has 0 aliphatic carbocycles. The number of hydrogen-bond donors (Lipinski definition) is 0. The van der Waals surface area contributed by atoms with Crippen LogP contribution in [0.3, 0.4) is 0 Å². The van der Waals surface area contributed by atoms with E-state index in [1.54, 1.807) is 12.1 Å². The summed E-state index contributed by atoms with van der Waals surface area (Å²) in [6.45, 7) is 6.10. The summed E-state index contributed by atoms with van der Waals surface area (Å²) in [6, 6.07) is 34.2. The minimum Gasteiger partial charge on any atom is -0.744 e. The second kappa shape index (κ2) is 17.5. The van der Waals surface area contributed by atoms with Crippen LogP contribution in [0.5, 0.6) is 11.5 Å². The first kappa shape index (κ1) is 38.8. The van der Waals surface area contributed by atoms with Crippen LogP contribution in [-0.2, 0) is 37.4 Å². The van der Waals surface area contributed by atoms with Crippen molar-refractivity contribution in [3.63, 3.8) is 0 Å². The summed E-state index contributed by atoms with van der Waals surface area (Å²) in [5.74, 6) is 1.67. The van der Waals surface area contributed by atoms with E-state index in [9.17, 15) is 13.0 Å². The fraction of sp³-hybridized carbons (Fsp3) is 0.209. The number of rotatable bonds is 11. The van der Waals surface area contributed by atoms with Gasteiger partial charge in [-0.2, -0.15) is 10.2 Å². The van der Waals surface area contributed by atoms with Gasteiger partial charge in [-0.25, -0.2) is 26.4 Å². The Bertz CT molecular complexity index is 2450. The highest BCUT2D eigenvalue weighted by Crippen LogP contribution is 2.16. The van der Waals surface area contributed by atoms with Gasteiger partial charge in [-0.3, -0.25) is 10.0 Å². The van der Waals surface area contributed by atoms with Crippen molar-refractivity contribution in [3.8, 4) is 11.5 Å². The first-order valence-corrected chi connectivity index (χ1v) is 20.0. The maximum Gasteiger partial charge on any atom is 0.286 e. The Morgan fingerprint density at radius 3 is 1.44 bits per heavy atom. The van der Waals surface area contributed by atoms with E-state index >= 15 is 0 Å². The standard InChI is InChI=1S/C36H38N8O2.C7H8O3S/c1-39-31(25-41-17-5-3-7-35(39)41)27-45-33-13-9-29(10-14-33)23-37-43-19-21-44(22-20-43)38-24-30-11-15-34(16-12-30)46-28-32-26-42-18-6-4-8-36(42)40(32)2;1-6-2-4-7(5-3-6)11(8,9)10/h3-18,23-26H,19-22,27-28H2,1-2H3;2-5H,1H3,(H,8,9,10)/q+2;/p-1/b37-23-,38-24-;. The molecule has 1 aliphatic heterocycles. The van der Waals surface area contributed by atoms with Crippen LogP contribution in [0.15, 0.2) is 149 Å². The lowest BCUT2D eigenvalue weighted by atomic mass is 10.2. The zero-order chi connectivity index (χ0) is 39.8. The molecule has 0 atom stereocenters. The van der Waals surface area contributed by atoms with E-state index in [1.165, 1.54) is 12.1 Å². The van der Waals surface area contributed by atoms with Gasteiger partial charge in [0, 0.05) is 12.1 Å². The maximum absolute atomic E-state index is 10.4. The summed E-state index contributed by atoms with van der Waals surface area (Å²) in [5, 5.41) is 13.6. The molecule has 8 rings (SSSR count). The largest absolute Gasteiger partial charge is 0.744 e. The first-order chi connectivity index (χ1) is 27.6. The van der Waals surface area contributed by atoms with Crippen molar-refractivity contribution in [2.75, 3.05) is 26.2 Å². The number of aryl methyl sites for hydroxylation is 3. The number of piperazine rings is 1. The molecule has 0 unspecified atom stereocenters. The molecule has 0 radical (unpaired) electrons. The van der Waals surface area contributed by atoms with Gasteiger partial charge in [-0.1, -0.05) is 29.8 Å². The molecular formula is C43H45N8O5S+. The van der Waals surface area contributed by atoms with E-state index in [4.69, 9.17) is 19.7 Å². The van der Waals surface area contributed by atoms with E-state index in [-0.39, 0.29) is 4.90 Å². The van der Waals surface area contributed by atoms with Crippen molar-refractivity contribution in [2.45, 2.75) is 25.0 Å². The Balaban J connectivity index is 0.000000391. The Morgan fingerprint density at radius 1 is 0.632 bits per heavy atom. The number of pyridine rings is 2. The Hall–Kier alpha value is -6.51. The molecule has 14 heteroatoms. The Labute approximate surface area is 332 Å². The monoisotopic (exact) mass is 785 g/mol. The average molecular weight is 786 g/mol.